The van der Waals surface area contributed by atoms with Gasteiger partial charge >= 0.3 is 0 Å². The van der Waals surface area contributed by atoms with E-state index in [4.69, 9.17) is 0 Å². The Labute approximate surface area is 132 Å². The van der Waals surface area contributed by atoms with Gasteiger partial charge in [-0.05, 0) is 47.0 Å². The van der Waals surface area contributed by atoms with Gasteiger partial charge in [0.05, 0.1) is 11.1 Å². The van der Waals surface area contributed by atoms with Crippen molar-refractivity contribution in [1.82, 2.24) is 5.32 Å². The molecule has 0 aromatic heterocycles. The fraction of sp³-hybridized carbons (Fsp3) is 0.462. The lowest BCUT2D eigenvalue weighted by molar-refractivity contribution is 0.0909. The summed E-state index contributed by atoms with van der Waals surface area (Å²) in [4.78, 5) is 12.3. The van der Waals surface area contributed by atoms with Crippen LogP contribution in [0, 0.1) is 0 Å². The van der Waals surface area contributed by atoms with E-state index in [2.05, 4.69) is 53.1 Å². The largest absolute Gasteiger partial charge is 0.346 e. The summed E-state index contributed by atoms with van der Waals surface area (Å²) >= 11 is 10.4. The van der Waals surface area contributed by atoms with Crippen LogP contribution in [-0.2, 0) is 0 Å². The molecule has 1 aromatic carbocycles. The number of rotatable bonds is 3. The first-order valence-electron chi connectivity index (χ1n) is 5.90. The van der Waals surface area contributed by atoms with Crippen molar-refractivity contribution in [3.63, 3.8) is 0 Å². The molecule has 0 saturated heterocycles. The molecule has 0 heterocycles. The molecule has 1 N–H and O–H groups in total. The van der Waals surface area contributed by atoms with Gasteiger partial charge in [-0.2, -0.15) is 0 Å². The van der Waals surface area contributed by atoms with E-state index in [1.807, 2.05) is 18.2 Å². The number of hydrogen-bond acceptors (Lipinski definition) is 1. The zero-order valence-corrected chi connectivity index (χ0v) is 14.6. The van der Waals surface area contributed by atoms with Crippen molar-refractivity contribution in [2.24, 2.45) is 0 Å². The van der Waals surface area contributed by atoms with Crippen LogP contribution in [0.25, 0.3) is 0 Å². The maximum Gasteiger partial charge on any atom is 0.252 e. The summed E-state index contributed by atoms with van der Waals surface area (Å²) < 4.78 is 1.78. The van der Waals surface area contributed by atoms with E-state index < -0.39 is 0 Å². The number of halogens is 3. The molecular weight excluding hydrogens is 426 g/mol. The summed E-state index contributed by atoms with van der Waals surface area (Å²) in [5.41, 5.74) is 0.620. The Kier molecular flexibility index (Phi) is 4.89. The quantitative estimate of drug-likeness (QED) is 0.682. The molecule has 0 spiro atoms. The van der Waals surface area contributed by atoms with Crippen LogP contribution in [0.15, 0.2) is 27.1 Å². The zero-order valence-electron chi connectivity index (χ0n) is 9.81. The van der Waals surface area contributed by atoms with Crippen LogP contribution in [0.2, 0.25) is 0 Å². The first-order chi connectivity index (χ1) is 8.56. The maximum atomic E-state index is 12.3. The Bertz CT molecular complexity index is 456. The second-order valence-electron chi connectivity index (χ2n) is 4.70. The summed E-state index contributed by atoms with van der Waals surface area (Å²) in [6.45, 7) is 0. The van der Waals surface area contributed by atoms with Crippen molar-refractivity contribution in [2.75, 3.05) is 5.33 Å². The molecule has 0 bridgehead atoms. The summed E-state index contributed by atoms with van der Waals surface area (Å²) in [5, 5.41) is 4.01. The molecule has 5 heteroatoms. The molecule has 2 nitrogen and oxygen atoms in total. The van der Waals surface area contributed by atoms with E-state index in [-0.39, 0.29) is 11.4 Å². The van der Waals surface area contributed by atoms with E-state index in [0.29, 0.717) is 5.56 Å². The van der Waals surface area contributed by atoms with Gasteiger partial charge in [-0.25, -0.2) is 0 Å². The molecule has 1 saturated carbocycles. The third-order valence-corrected chi connectivity index (χ3v) is 5.59. The van der Waals surface area contributed by atoms with E-state index in [0.717, 1.165) is 27.1 Å². The van der Waals surface area contributed by atoms with Crippen LogP contribution < -0.4 is 5.32 Å². The normalized spacial score (nSPS) is 17.7. The predicted molar refractivity (Wildman–Crippen MR) is 84.3 cm³/mol. The van der Waals surface area contributed by atoms with Crippen LogP contribution in [-0.4, -0.2) is 16.8 Å². The van der Waals surface area contributed by atoms with Gasteiger partial charge in [-0.1, -0.05) is 44.7 Å². The van der Waals surface area contributed by atoms with Gasteiger partial charge < -0.3 is 5.32 Å². The number of hydrogen-bond donors (Lipinski definition) is 1. The number of carbonyl (C=O) groups excluding carboxylic acids is 1. The first-order valence-corrected chi connectivity index (χ1v) is 8.61. The van der Waals surface area contributed by atoms with E-state index in [1.54, 1.807) is 0 Å². The number of carbonyl (C=O) groups is 1. The summed E-state index contributed by atoms with van der Waals surface area (Å²) in [5.74, 6) is -0.00396. The van der Waals surface area contributed by atoms with Crippen molar-refractivity contribution in [3.8, 4) is 0 Å². The lowest BCUT2D eigenvalue weighted by Gasteiger charge is -2.28. The average Bonchev–Trinajstić information content (AvgIpc) is 2.78. The molecule has 1 amide bonds. The van der Waals surface area contributed by atoms with Gasteiger partial charge in [-0.3, -0.25) is 4.79 Å². The van der Waals surface area contributed by atoms with Crippen molar-refractivity contribution in [1.29, 1.82) is 0 Å². The molecular formula is C13H14Br3NO. The zero-order chi connectivity index (χ0) is 13.2. The van der Waals surface area contributed by atoms with Crippen LogP contribution in [0.1, 0.15) is 36.0 Å². The first kappa shape index (κ1) is 14.5. The fourth-order valence-electron chi connectivity index (χ4n) is 2.33. The summed E-state index contributed by atoms with van der Waals surface area (Å²) in [6.07, 6.45) is 4.48. The van der Waals surface area contributed by atoms with E-state index in [9.17, 15) is 4.79 Å². The molecule has 18 heavy (non-hydrogen) atoms. The molecule has 1 aliphatic carbocycles. The van der Waals surface area contributed by atoms with Crippen LogP contribution in [0.5, 0.6) is 0 Å². The number of alkyl halides is 1. The smallest absolute Gasteiger partial charge is 0.252 e. The standard InChI is InChI=1S/C13H14Br3NO/c14-8-13(5-1-2-6-13)17-12(18)10-4-3-9(15)7-11(10)16/h3-4,7H,1-2,5-6,8H2,(H,17,18). The minimum absolute atomic E-state index is 0.00396. The minimum Gasteiger partial charge on any atom is -0.346 e. The highest BCUT2D eigenvalue weighted by Crippen LogP contribution is 2.32. The highest BCUT2D eigenvalue weighted by Gasteiger charge is 2.34. The Balaban J connectivity index is 2.16. The Morgan fingerprint density at radius 1 is 1.28 bits per heavy atom. The number of benzene rings is 1. The molecule has 1 aromatic rings. The van der Waals surface area contributed by atoms with Crippen LogP contribution in [0.4, 0.5) is 0 Å². The summed E-state index contributed by atoms with van der Waals surface area (Å²) in [6, 6.07) is 5.61. The molecule has 0 unspecified atom stereocenters. The Hall–Kier alpha value is 0.130. The Morgan fingerprint density at radius 3 is 2.50 bits per heavy atom. The second kappa shape index (κ2) is 6.06. The number of nitrogens with one attached hydrogen (secondary N) is 1. The second-order valence-corrected chi connectivity index (χ2v) is 7.03. The third kappa shape index (κ3) is 3.17. The molecule has 0 radical (unpaired) electrons. The molecule has 1 aliphatic rings. The fourth-order valence-corrected chi connectivity index (χ4v) is 4.25. The molecule has 2 rings (SSSR count). The highest BCUT2D eigenvalue weighted by molar-refractivity contribution is 9.11. The third-order valence-electron chi connectivity index (χ3n) is 3.37. The SMILES string of the molecule is O=C(NC1(CBr)CCCC1)c1ccc(Br)cc1Br. The molecule has 0 aliphatic heterocycles. The van der Waals surface area contributed by atoms with Gasteiger partial charge in [0.15, 0.2) is 0 Å². The summed E-state index contributed by atoms with van der Waals surface area (Å²) in [7, 11) is 0. The lowest BCUT2D eigenvalue weighted by Crippen LogP contribution is -2.47. The monoisotopic (exact) mass is 437 g/mol. The molecule has 1 fully saturated rings. The minimum atomic E-state index is -0.0659. The molecule has 0 atom stereocenters. The van der Waals surface area contributed by atoms with Gasteiger partial charge in [0.2, 0.25) is 0 Å². The van der Waals surface area contributed by atoms with Crippen molar-refractivity contribution in [3.05, 3.63) is 32.7 Å². The van der Waals surface area contributed by atoms with Gasteiger partial charge in [0, 0.05) is 14.3 Å². The van der Waals surface area contributed by atoms with Crippen molar-refractivity contribution < 1.29 is 4.79 Å². The van der Waals surface area contributed by atoms with Gasteiger partial charge in [0.25, 0.3) is 5.91 Å². The van der Waals surface area contributed by atoms with Crippen LogP contribution >= 0.6 is 47.8 Å². The maximum absolute atomic E-state index is 12.3. The van der Waals surface area contributed by atoms with Crippen LogP contribution in [0.3, 0.4) is 0 Å². The highest BCUT2D eigenvalue weighted by atomic mass is 79.9. The Morgan fingerprint density at radius 2 is 1.94 bits per heavy atom. The van der Waals surface area contributed by atoms with Crippen molar-refractivity contribution in [2.45, 2.75) is 31.2 Å². The van der Waals surface area contributed by atoms with Crippen molar-refractivity contribution >= 4 is 53.7 Å². The molecule has 98 valence electrons. The van der Waals surface area contributed by atoms with E-state index in [1.165, 1.54) is 12.8 Å². The predicted octanol–water partition coefficient (Wildman–Crippen LogP) is 4.65. The van der Waals surface area contributed by atoms with Gasteiger partial charge in [-0.15, -0.1) is 0 Å². The average molecular weight is 440 g/mol. The van der Waals surface area contributed by atoms with E-state index >= 15 is 0 Å². The topological polar surface area (TPSA) is 29.1 Å². The number of amides is 1. The van der Waals surface area contributed by atoms with Gasteiger partial charge in [0.1, 0.15) is 0 Å². The lowest BCUT2D eigenvalue weighted by atomic mass is 10.00.